The molecule has 6 nitrogen and oxygen atoms in total. The second-order valence-electron chi connectivity index (χ2n) is 5.70. The molecule has 0 aromatic heterocycles. The number of amides is 1. The maximum atomic E-state index is 12.5. The van der Waals surface area contributed by atoms with Gasteiger partial charge < -0.3 is 10.0 Å². The average molecular weight is 381 g/mol. The quantitative estimate of drug-likeness (QED) is 0.854. The summed E-state index contributed by atoms with van der Waals surface area (Å²) in [4.78, 5) is 13.9. The first-order valence-corrected chi connectivity index (χ1v) is 9.31. The zero-order valence-electron chi connectivity index (χ0n) is 12.7. The molecular weight excluding hydrogens is 363 g/mol. The Morgan fingerprint density at radius 2 is 2.00 bits per heavy atom. The Hall–Kier alpha value is -0.860. The number of sulfonamides is 1. The highest BCUT2D eigenvalue weighted by Gasteiger charge is 2.38. The summed E-state index contributed by atoms with van der Waals surface area (Å²) >= 11 is 11.9. The number of carbonyl (C=O) groups is 1. The van der Waals surface area contributed by atoms with Crippen LogP contribution in [0.5, 0.6) is 0 Å². The van der Waals surface area contributed by atoms with Crippen molar-refractivity contribution < 1.29 is 18.3 Å². The fourth-order valence-electron chi connectivity index (χ4n) is 2.44. The summed E-state index contributed by atoms with van der Waals surface area (Å²) in [5, 5.41) is 10.5. The van der Waals surface area contributed by atoms with E-state index in [0.29, 0.717) is 0 Å². The number of aliphatic hydroxyl groups is 1. The zero-order valence-corrected chi connectivity index (χ0v) is 15.1. The fourth-order valence-corrected chi connectivity index (χ4v) is 3.99. The van der Waals surface area contributed by atoms with Gasteiger partial charge in [-0.05, 0) is 12.1 Å². The summed E-state index contributed by atoms with van der Waals surface area (Å²) in [5.41, 5.74) is 0.238. The Labute approximate surface area is 145 Å². The molecule has 2 rings (SSSR count). The number of benzene rings is 1. The normalized spacial score (nSPS) is 21.9. The van der Waals surface area contributed by atoms with Crippen molar-refractivity contribution in [2.75, 3.05) is 32.9 Å². The molecule has 1 aromatic carbocycles. The molecule has 128 valence electrons. The Balaban J connectivity index is 2.15. The Bertz CT molecular complexity index is 709. The van der Waals surface area contributed by atoms with Crippen molar-refractivity contribution in [1.82, 2.24) is 9.21 Å². The predicted octanol–water partition coefficient (Wildman–Crippen LogP) is 1.32. The number of rotatable bonds is 4. The molecule has 0 bridgehead atoms. The molecule has 0 saturated carbocycles. The van der Waals surface area contributed by atoms with Gasteiger partial charge in [-0.25, -0.2) is 12.7 Å². The predicted molar refractivity (Wildman–Crippen MR) is 89.3 cm³/mol. The Morgan fingerprint density at radius 1 is 1.35 bits per heavy atom. The monoisotopic (exact) mass is 380 g/mol. The van der Waals surface area contributed by atoms with Crippen LogP contribution in [0.15, 0.2) is 18.2 Å². The van der Waals surface area contributed by atoms with Crippen molar-refractivity contribution in [3.63, 3.8) is 0 Å². The van der Waals surface area contributed by atoms with Crippen LogP contribution in [0, 0.1) is 5.92 Å². The van der Waals surface area contributed by atoms with Crippen LogP contribution in [0.25, 0.3) is 0 Å². The van der Waals surface area contributed by atoms with E-state index in [4.69, 9.17) is 23.2 Å². The van der Waals surface area contributed by atoms with Gasteiger partial charge in [0.1, 0.15) is 0 Å². The highest BCUT2D eigenvalue weighted by Crippen LogP contribution is 2.28. The fraction of sp³-hybridized carbons (Fsp3) is 0.500. The molecule has 1 aromatic rings. The van der Waals surface area contributed by atoms with Crippen molar-refractivity contribution in [3.8, 4) is 0 Å². The van der Waals surface area contributed by atoms with Gasteiger partial charge in [-0.2, -0.15) is 0 Å². The molecule has 0 unspecified atom stereocenters. The van der Waals surface area contributed by atoms with Gasteiger partial charge in [0.05, 0.1) is 27.5 Å². The minimum atomic E-state index is -3.45. The maximum Gasteiger partial charge on any atom is 0.255 e. The molecule has 0 radical (unpaired) electrons. The average Bonchev–Trinajstić information content (AvgIpc) is 2.81. The molecule has 1 aliphatic heterocycles. The number of nitrogens with zero attached hydrogens (tertiary/aromatic N) is 2. The summed E-state index contributed by atoms with van der Waals surface area (Å²) in [7, 11) is -0.583. The first-order valence-electron chi connectivity index (χ1n) is 6.95. The molecule has 1 aliphatic rings. The van der Waals surface area contributed by atoms with E-state index in [2.05, 4.69) is 0 Å². The third kappa shape index (κ3) is 3.97. The number of aliphatic hydroxyl groups excluding tert-OH is 1. The second kappa shape index (κ2) is 6.94. The molecule has 1 N–H and O–H groups in total. The number of halogens is 2. The van der Waals surface area contributed by atoms with Crippen LogP contribution in [0.2, 0.25) is 10.0 Å². The van der Waals surface area contributed by atoms with Gasteiger partial charge in [0.2, 0.25) is 10.0 Å². The molecule has 9 heteroatoms. The van der Waals surface area contributed by atoms with Crippen LogP contribution in [0.1, 0.15) is 10.4 Å². The lowest BCUT2D eigenvalue weighted by atomic mass is 10.1. The summed E-state index contributed by atoms with van der Waals surface area (Å²) < 4.78 is 25.0. The summed E-state index contributed by atoms with van der Waals surface area (Å²) in [6, 6.07) is 4.74. The van der Waals surface area contributed by atoms with E-state index in [-0.39, 0.29) is 40.4 Å². The number of hydrogen-bond acceptors (Lipinski definition) is 4. The van der Waals surface area contributed by atoms with E-state index in [1.165, 1.54) is 19.0 Å². The molecule has 1 saturated heterocycles. The summed E-state index contributed by atoms with van der Waals surface area (Å²) in [6.45, 7) is 0.213. The van der Waals surface area contributed by atoms with Gasteiger partial charge in [-0.15, -0.1) is 0 Å². The largest absolute Gasteiger partial charge is 0.391 e. The minimum Gasteiger partial charge on any atom is -0.391 e. The van der Waals surface area contributed by atoms with Gasteiger partial charge in [0.15, 0.2) is 0 Å². The first-order chi connectivity index (χ1) is 10.6. The van der Waals surface area contributed by atoms with Gasteiger partial charge in [-0.3, -0.25) is 4.79 Å². The van der Waals surface area contributed by atoms with Crippen LogP contribution >= 0.6 is 23.2 Å². The van der Waals surface area contributed by atoms with Crippen molar-refractivity contribution >= 4 is 39.1 Å². The van der Waals surface area contributed by atoms with E-state index in [9.17, 15) is 18.3 Å². The van der Waals surface area contributed by atoms with E-state index in [0.717, 1.165) is 4.31 Å². The van der Waals surface area contributed by atoms with Crippen LogP contribution in [0.3, 0.4) is 0 Å². The van der Waals surface area contributed by atoms with E-state index in [1.54, 1.807) is 18.2 Å². The summed E-state index contributed by atoms with van der Waals surface area (Å²) in [5.74, 6) is -1.13. The highest BCUT2D eigenvalue weighted by molar-refractivity contribution is 7.89. The molecule has 1 fully saturated rings. The van der Waals surface area contributed by atoms with E-state index < -0.39 is 22.0 Å². The Morgan fingerprint density at radius 3 is 2.61 bits per heavy atom. The van der Waals surface area contributed by atoms with Crippen LogP contribution < -0.4 is 0 Å². The molecule has 0 spiro atoms. The molecule has 2 atom stereocenters. The SMILES string of the molecule is CN(C)S(=O)(=O)C[C@@H]1CN(C(=O)c2cccc(Cl)c2Cl)C[C@H]1O. The molecule has 23 heavy (non-hydrogen) atoms. The van der Waals surface area contributed by atoms with Gasteiger partial charge >= 0.3 is 0 Å². The highest BCUT2D eigenvalue weighted by atomic mass is 35.5. The summed E-state index contributed by atoms with van der Waals surface area (Å²) in [6.07, 6.45) is -0.897. The number of likely N-dealkylation sites (tertiary alicyclic amines) is 1. The third-order valence-electron chi connectivity index (χ3n) is 3.86. The van der Waals surface area contributed by atoms with E-state index >= 15 is 0 Å². The number of carbonyl (C=O) groups excluding carboxylic acids is 1. The van der Waals surface area contributed by atoms with Gasteiger partial charge in [-0.1, -0.05) is 29.3 Å². The number of hydrogen-bond donors (Lipinski definition) is 1. The van der Waals surface area contributed by atoms with Crippen molar-refractivity contribution in [2.45, 2.75) is 6.10 Å². The number of β-amino-alcohol motifs (C(OH)–C–C–N with tert-alkyl or cyclic N) is 1. The maximum absolute atomic E-state index is 12.5. The standard InChI is InChI=1S/C14H18Cl2N2O4S/c1-17(2)23(21,22)8-9-6-18(7-12(9)19)14(20)10-4-3-5-11(15)13(10)16/h3-5,9,12,19H,6-8H2,1-2H3/t9-,12+/m0/s1. The lowest BCUT2D eigenvalue weighted by molar-refractivity contribution is 0.0765. The third-order valence-corrected chi connectivity index (χ3v) is 6.64. The minimum absolute atomic E-state index is 0.0648. The van der Waals surface area contributed by atoms with Crippen molar-refractivity contribution in [3.05, 3.63) is 33.8 Å². The van der Waals surface area contributed by atoms with Crippen molar-refractivity contribution in [2.24, 2.45) is 5.92 Å². The topological polar surface area (TPSA) is 77.9 Å². The zero-order chi connectivity index (χ0) is 17.4. The Kier molecular flexibility index (Phi) is 5.58. The van der Waals surface area contributed by atoms with Crippen molar-refractivity contribution in [1.29, 1.82) is 0 Å². The van der Waals surface area contributed by atoms with Crippen LogP contribution in [-0.4, -0.2) is 67.7 Å². The van der Waals surface area contributed by atoms with Gasteiger partial charge in [0, 0.05) is 33.1 Å². The second-order valence-corrected chi connectivity index (χ2v) is 8.71. The van der Waals surface area contributed by atoms with Crippen LogP contribution in [-0.2, 0) is 10.0 Å². The van der Waals surface area contributed by atoms with Gasteiger partial charge in [0.25, 0.3) is 5.91 Å². The van der Waals surface area contributed by atoms with Crippen LogP contribution in [0.4, 0.5) is 0 Å². The molecule has 0 aliphatic carbocycles. The van der Waals surface area contributed by atoms with E-state index in [1.807, 2.05) is 0 Å². The molecule has 1 amide bonds. The first kappa shape index (κ1) is 18.5. The molecule has 1 heterocycles. The smallest absolute Gasteiger partial charge is 0.255 e. The lowest BCUT2D eigenvalue weighted by Crippen LogP contribution is -2.33. The lowest BCUT2D eigenvalue weighted by Gasteiger charge is -2.18. The molecular formula is C14H18Cl2N2O4S.